The van der Waals surface area contributed by atoms with Gasteiger partial charge in [-0.2, -0.15) is 0 Å². The Bertz CT molecular complexity index is 1500. The maximum atomic E-state index is 14.3. The predicted octanol–water partition coefficient (Wildman–Crippen LogP) is 6.62. The van der Waals surface area contributed by atoms with Crippen LogP contribution in [-0.2, 0) is 26.2 Å². The summed E-state index contributed by atoms with van der Waals surface area (Å²) in [5.41, 5.74) is 1.54. The molecule has 2 atom stereocenters. The molecule has 232 valence electrons. The zero-order valence-electron chi connectivity index (χ0n) is 25.1. The number of halogens is 2. The third-order valence-electron chi connectivity index (χ3n) is 7.10. The number of carbonyl (C=O) groups excluding carboxylic acids is 2. The number of ether oxygens (including phenoxy) is 1. The van der Waals surface area contributed by atoms with E-state index in [-0.39, 0.29) is 42.1 Å². The molecule has 2 unspecified atom stereocenters. The molecule has 0 aliphatic heterocycles. The minimum Gasteiger partial charge on any atom is -0.492 e. The number of nitrogens with one attached hydrogen (secondary N) is 1. The van der Waals surface area contributed by atoms with Crippen LogP contribution in [0.25, 0.3) is 0 Å². The summed E-state index contributed by atoms with van der Waals surface area (Å²) in [7, 11) is -4.25. The van der Waals surface area contributed by atoms with E-state index >= 15 is 0 Å². The second-order valence-corrected chi connectivity index (χ2v) is 12.9. The van der Waals surface area contributed by atoms with Crippen LogP contribution in [0.15, 0.2) is 71.6 Å². The first-order valence-electron chi connectivity index (χ1n) is 14.3. The highest BCUT2D eigenvalue weighted by Crippen LogP contribution is 2.33. The number of amides is 2. The summed E-state index contributed by atoms with van der Waals surface area (Å²) in [4.78, 5) is 29.2. The maximum absolute atomic E-state index is 14.3. The predicted molar refractivity (Wildman–Crippen MR) is 172 cm³/mol. The van der Waals surface area contributed by atoms with Gasteiger partial charge in [0.2, 0.25) is 11.8 Å². The van der Waals surface area contributed by atoms with Crippen LogP contribution in [-0.4, -0.2) is 50.4 Å². The number of aryl methyl sites for hydroxylation is 1. The van der Waals surface area contributed by atoms with Crippen molar-refractivity contribution < 1.29 is 22.7 Å². The molecule has 3 rings (SSSR count). The lowest BCUT2D eigenvalue weighted by Crippen LogP contribution is -2.53. The van der Waals surface area contributed by atoms with E-state index in [9.17, 15) is 18.0 Å². The van der Waals surface area contributed by atoms with Gasteiger partial charge in [0.25, 0.3) is 10.0 Å². The Kier molecular flexibility index (Phi) is 12.3. The molecule has 2 amide bonds. The summed E-state index contributed by atoms with van der Waals surface area (Å²) < 4.78 is 35.1. The quantitative estimate of drug-likeness (QED) is 0.212. The zero-order chi connectivity index (χ0) is 31.7. The molecule has 0 radical (unpaired) electrons. The number of hydrogen-bond donors (Lipinski definition) is 1. The first-order valence-corrected chi connectivity index (χ1v) is 16.5. The van der Waals surface area contributed by atoms with Crippen LogP contribution in [0.3, 0.4) is 0 Å². The van der Waals surface area contributed by atoms with Gasteiger partial charge >= 0.3 is 0 Å². The van der Waals surface area contributed by atoms with E-state index in [2.05, 4.69) is 5.32 Å². The van der Waals surface area contributed by atoms with Crippen molar-refractivity contribution in [3.63, 3.8) is 0 Å². The van der Waals surface area contributed by atoms with Gasteiger partial charge in [-0.3, -0.25) is 13.9 Å². The number of para-hydroxylation sites is 2. The highest BCUT2D eigenvalue weighted by Gasteiger charge is 2.35. The number of anilines is 1. The molecular weight excluding hydrogens is 609 g/mol. The van der Waals surface area contributed by atoms with Gasteiger partial charge in [-0.15, -0.1) is 0 Å². The van der Waals surface area contributed by atoms with E-state index in [4.69, 9.17) is 27.9 Å². The summed E-state index contributed by atoms with van der Waals surface area (Å²) >= 11 is 13.0. The van der Waals surface area contributed by atoms with Crippen molar-refractivity contribution in [3.05, 3.63) is 87.9 Å². The van der Waals surface area contributed by atoms with E-state index < -0.39 is 28.5 Å². The van der Waals surface area contributed by atoms with E-state index in [1.54, 1.807) is 68.4 Å². The van der Waals surface area contributed by atoms with Crippen molar-refractivity contribution in [1.82, 2.24) is 10.2 Å². The number of rotatable bonds is 14. The summed E-state index contributed by atoms with van der Waals surface area (Å²) in [5, 5.41) is 3.61. The number of sulfonamides is 1. The van der Waals surface area contributed by atoms with Crippen LogP contribution >= 0.6 is 23.2 Å². The lowest BCUT2D eigenvalue weighted by molar-refractivity contribution is -0.140. The van der Waals surface area contributed by atoms with Crippen LogP contribution in [0.4, 0.5) is 5.69 Å². The monoisotopic (exact) mass is 647 g/mol. The number of carbonyl (C=O) groups is 2. The lowest BCUT2D eigenvalue weighted by atomic mass is 10.1. The van der Waals surface area contributed by atoms with Crippen molar-refractivity contribution in [1.29, 1.82) is 0 Å². The highest BCUT2D eigenvalue weighted by molar-refractivity contribution is 7.92. The van der Waals surface area contributed by atoms with E-state index in [0.717, 1.165) is 9.87 Å². The van der Waals surface area contributed by atoms with Crippen LogP contribution < -0.4 is 14.4 Å². The Morgan fingerprint density at radius 2 is 1.53 bits per heavy atom. The largest absolute Gasteiger partial charge is 0.492 e. The number of nitrogens with zero attached hydrogens (tertiary/aromatic N) is 2. The summed E-state index contributed by atoms with van der Waals surface area (Å²) in [6.45, 7) is 8.84. The van der Waals surface area contributed by atoms with E-state index in [0.29, 0.717) is 27.8 Å². The molecular formula is C32H39Cl2N3O5S. The first-order chi connectivity index (χ1) is 20.4. The fourth-order valence-corrected chi connectivity index (χ4v) is 6.45. The molecule has 3 aromatic carbocycles. The number of hydrogen-bond acceptors (Lipinski definition) is 5. The molecule has 0 aliphatic rings. The molecule has 0 saturated carbocycles. The molecule has 0 fully saturated rings. The van der Waals surface area contributed by atoms with Crippen molar-refractivity contribution in [2.24, 2.45) is 0 Å². The van der Waals surface area contributed by atoms with E-state index in [1.807, 2.05) is 20.8 Å². The minimum absolute atomic E-state index is 0.0134. The fourth-order valence-electron chi connectivity index (χ4n) is 4.51. The van der Waals surface area contributed by atoms with Crippen LogP contribution in [0, 0.1) is 6.92 Å². The summed E-state index contributed by atoms with van der Waals surface area (Å²) in [6.07, 6.45) is 0.972. The normalized spacial score (nSPS) is 12.7. The Morgan fingerprint density at radius 1 is 0.907 bits per heavy atom. The van der Waals surface area contributed by atoms with Gasteiger partial charge in [0.05, 0.1) is 17.2 Å². The fraction of sp³-hybridized carbons (Fsp3) is 0.375. The number of benzene rings is 3. The lowest BCUT2D eigenvalue weighted by Gasteiger charge is -2.34. The third kappa shape index (κ3) is 8.43. The van der Waals surface area contributed by atoms with Crippen LogP contribution in [0.2, 0.25) is 10.0 Å². The van der Waals surface area contributed by atoms with Gasteiger partial charge < -0.3 is 15.0 Å². The molecule has 0 bridgehead atoms. The summed E-state index contributed by atoms with van der Waals surface area (Å²) in [5.74, 6) is -0.657. The second kappa shape index (κ2) is 15.5. The van der Waals surface area contributed by atoms with Crippen molar-refractivity contribution >= 4 is 50.7 Å². The van der Waals surface area contributed by atoms with Crippen molar-refractivity contribution in [2.75, 3.05) is 17.5 Å². The Morgan fingerprint density at radius 3 is 2.12 bits per heavy atom. The van der Waals surface area contributed by atoms with Gasteiger partial charge in [0.15, 0.2) is 0 Å². The SMILES string of the molecule is CCOc1ccccc1N(CC(=O)N(Cc1c(Cl)cccc1Cl)C(CC)C(=O)NC(C)CC)S(=O)(=O)c1ccc(C)cc1. The van der Waals surface area contributed by atoms with Gasteiger partial charge in [-0.05, 0) is 70.0 Å². The molecule has 43 heavy (non-hydrogen) atoms. The second-order valence-electron chi connectivity index (χ2n) is 10.2. The molecule has 1 N–H and O–H groups in total. The average Bonchev–Trinajstić information content (AvgIpc) is 2.97. The molecule has 0 saturated heterocycles. The first kappa shape index (κ1) is 34.2. The smallest absolute Gasteiger partial charge is 0.264 e. The minimum atomic E-state index is -4.25. The van der Waals surface area contributed by atoms with Crippen molar-refractivity contribution in [3.8, 4) is 5.75 Å². The Hall–Kier alpha value is -3.27. The topological polar surface area (TPSA) is 96.0 Å². The van der Waals surface area contributed by atoms with Gasteiger partial charge in [-0.1, -0.05) is 72.9 Å². The van der Waals surface area contributed by atoms with E-state index in [1.165, 1.54) is 17.0 Å². The molecule has 0 heterocycles. The zero-order valence-corrected chi connectivity index (χ0v) is 27.5. The molecule has 8 nitrogen and oxygen atoms in total. The highest BCUT2D eigenvalue weighted by atomic mass is 35.5. The standard InChI is InChI=1S/C32H39Cl2N3O5S/c1-6-23(5)35-32(39)28(7-2)36(20-25-26(33)12-11-13-27(25)34)31(38)21-37(29-14-9-10-15-30(29)42-8-3)43(40,41)24-18-16-22(4)17-19-24/h9-19,23,28H,6-8,20-21H2,1-5H3,(H,35,39). The Balaban J connectivity index is 2.15. The van der Waals surface area contributed by atoms with Gasteiger partial charge in [-0.25, -0.2) is 8.42 Å². The summed E-state index contributed by atoms with van der Waals surface area (Å²) in [6, 6.07) is 17.0. The average molecular weight is 649 g/mol. The van der Waals surface area contributed by atoms with Gasteiger partial charge in [0, 0.05) is 28.2 Å². The van der Waals surface area contributed by atoms with Crippen LogP contribution in [0.5, 0.6) is 5.75 Å². The molecule has 0 aromatic heterocycles. The molecule has 0 aliphatic carbocycles. The maximum Gasteiger partial charge on any atom is 0.264 e. The molecule has 0 spiro atoms. The van der Waals surface area contributed by atoms with Crippen molar-refractivity contribution in [2.45, 2.75) is 71.0 Å². The molecule has 11 heteroatoms. The Labute approximate surface area is 265 Å². The van der Waals surface area contributed by atoms with Crippen LogP contribution in [0.1, 0.15) is 51.7 Å². The van der Waals surface area contributed by atoms with Gasteiger partial charge in [0.1, 0.15) is 18.3 Å². The molecule has 3 aromatic rings. The third-order valence-corrected chi connectivity index (χ3v) is 9.58.